The van der Waals surface area contributed by atoms with E-state index in [1.54, 1.807) is 0 Å². The first-order valence-electron chi connectivity index (χ1n) is 5.15. The molecule has 0 amide bonds. The summed E-state index contributed by atoms with van der Waals surface area (Å²) in [5.41, 5.74) is 0. The van der Waals surface area contributed by atoms with Gasteiger partial charge in [0, 0.05) is 12.6 Å². The van der Waals surface area contributed by atoms with E-state index in [2.05, 4.69) is 11.9 Å². The van der Waals surface area contributed by atoms with Crippen LogP contribution >= 0.6 is 0 Å². The predicted octanol–water partition coefficient (Wildman–Crippen LogP) is 1.88. The Kier molecular flexibility index (Phi) is 7.51. The van der Waals surface area contributed by atoms with Gasteiger partial charge in [0.25, 0.3) is 0 Å². The van der Waals surface area contributed by atoms with Gasteiger partial charge in [0.1, 0.15) is 0 Å². The molecule has 0 aromatic heterocycles. The summed E-state index contributed by atoms with van der Waals surface area (Å²) in [7, 11) is 2.15. The largest absolute Gasteiger partial charge is 0.396 e. The first kappa shape index (κ1) is 11.9. The Bertz CT molecular complexity index is 93.8. The van der Waals surface area contributed by atoms with Crippen LogP contribution in [-0.4, -0.2) is 36.2 Å². The van der Waals surface area contributed by atoms with Crippen molar-refractivity contribution in [1.29, 1.82) is 0 Å². The zero-order valence-corrected chi connectivity index (χ0v) is 8.71. The highest BCUT2D eigenvalue weighted by molar-refractivity contribution is 4.73. The van der Waals surface area contributed by atoms with Crippen molar-refractivity contribution in [2.45, 2.75) is 45.6 Å². The van der Waals surface area contributed by atoms with Crippen LogP contribution in [0.4, 0.5) is 0 Å². The molecule has 2 heteroatoms. The SMILES string of the molecule is CC.CN1CCCCC1CCO. The zero-order chi connectivity index (χ0) is 9.40. The van der Waals surface area contributed by atoms with Gasteiger partial charge in [-0.15, -0.1) is 0 Å². The molecule has 1 heterocycles. The van der Waals surface area contributed by atoms with Crippen molar-refractivity contribution >= 4 is 0 Å². The van der Waals surface area contributed by atoms with Gasteiger partial charge in [0.05, 0.1) is 0 Å². The Morgan fingerprint density at radius 3 is 2.50 bits per heavy atom. The Morgan fingerprint density at radius 2 is 2.00 bits per heavy atom. The third-order valence-electron chi connectivity index (χ3n) is 2.38. The third-order valence-corrected chi connectivity index (χ3v) is 2.38. The van der Waals surface area contributed by atoms with Crippen LogP contribution in [0.3, 0.4) is 0 Å². The Morgan fingerprint density at radius 1 is 1.33 bits per heavy atom. The number of hydrogen-bond donors (Lipinski definition) is 1. The second kappa shape index (κ2) is 7.56. The number of rotatable bonds is 2. The maximum Gasteiger partial charge on any atom is 0.0445 e. The molecule has 0 aromatic rings. The Balaban J connectivity index is 0.000000561. The van der Waals surface area contributed by atoms with Crippen molar-refractivity contribution in [2.24, 2.45) is 0 Å². The van der Waals surface area contributed by atoms with E-state index in [1.807, 2.05) is 13.8 Å². The molecule has 0 saturated carbocycles. The van der Waals surface area contributed by atoms with E-state index in [-0.39, 0.29) is 0 Å². The number of likely N-dealkylation sites (tertiary alicyclic amines) is 1. The summed E-state index contributed by atoms with van der Waals surface area (Å²) in [5, 5.41) is 8.71. The number of aliphatic hydroxyl groups is 1. The van der Waals surface area contributed by atoms with Crippen LogP contribution in [0.15, 0.2) is 0 Å². The van der Waals surface area contributed by atoms with Gasteiger partial charge in [0.15, 0.2) is 0 Å². The molecule has 1 unspecified atom stereocenters. The molecule has 0 aromatic carbocycles. The summed E-state index contributed by atoms with van der Waals surface area (Å²) in [4.78, 5) is 2.36. The normalized spacial score (nSPS) is 24.5. The number of aliphatic hydroxyl groups excluding tert-OH is 1. The van der Waals surface area contributed by atoms with E-state index < -0.39 is 0 Å². The van der Waals surface area contributed by atoms with Crippen LogP contribution in [0.25, 0.3) is 0 Å². The van der Waals surface area contributed by atoms with Crippen molar-refractivity contribution in [3.8, 4) is 0 Å². The number of piperidine rings is 1. The first-order chi connectivity index (χ1) is 5.84. The highest BCUT2D eigenvalue weighted by Gasteiger charge is 2.17. The fraction of sp³-hybridized carbons (Fsp3) is 1.00. The summed E-state index contributed by atoms with van der Waals surface area (Å²) in [5.74, 6) is 0. The minimum absolute atomic E-state index is 0.342. The molecule has 0 spiro atoms. The second-order valence-electron chi connectivity index (χ2n) is 3.14. The fourth-order valence-electron chi connectivity index (χ4n) is 1.66. The highest BCUT2D eigenvalue weighted by atomic mass is 16.3. The number of hydrogen-bond acceptors (Lipinski definition) is 2. The van der Waals surface area contributed by atoms with Crippen LogP contribution in [-0.2, 0) is 0 Å². The van der Waals surface area contributed by atoms with E-state index in [1.165, 1.54) is 25.8 Å². The van der Waals surface area contributed by atoms with E-state index in [0.717, 1.165) is 6.42 Å². The summed E-state index contributed by atoms with van der Waals surface area (Å²) >= 11 is 0. The van der Waals surface area contributed by atoms with Crippen molar-refractivity contribution in [1.82, 2.24) is 4.90 Å². The maximum absolute atomic E-state index is 8.71. The fourth-order valence-corrected chi connectivity index (χ4v) is 1.66. The summed E-state index contributed by atoms with van der Waals surface area (Å²) in [6.45, 7) is 5.56. The van der Waals surface area contributed by atoms with Crippen LogP contribution < -0.4 is 0 Å². The quantitative estimate of drug-likeness (QED) is 0.689. The highest BCUT2D eigenvalue weighted by Crippen LogP contribution is 2.16. The van der Waals surface area contributed by atoms with Gasteiger partial charge in [-0.3, -0.25) is 0 Å². The third kappa shape index (κ3) is 4.07. The Labute approximate surface area is 76.6 Å². The lowest BCUT2D eigenvalue weighted by Crippen LogP contribution is -2.36. The van der Waals surface area contributed by atoms with Crippen LogP contribution in [0, 0.1) is 0 Å². The van der Waals surface area contributed by atoms with Gasteiger partial charge < -0.3 is 10.0 Å². The van der Waals surface area contributed by atoms with Gasteiger partial charge in [0.2, 0.25) is 0 Å². The zero-order valence-electron chi connectivity index (χ0n) is 8.71. The van der Waals surface area contributed by atoms with Gasteiger partial charge in [-0.05, 0) is 32.9 Å². The molecule has 12 heavy (non-hydrogen) atoms. The van der Waals surface area contributed by atoms with E-state index in [4.69, 9.17) is 5.11 Å². The van der Waals surface area contributed by atoms with Gasteiger partial charge in [-0.2, -0.15) is 0 Å². The summed E-state index contributed by atoms with van der Waals surface area (Å²) in [6, 6.07) is 0.652. The van der Waals surface area contributed by atoms with Crippen LogP contribution in [0.5, 0.6) is 0 Å². The van der Waals surface area contributed by atoms with E-state index in [0.29, 0.717) is 12.6 Å². The molecule has 1 saturated heterocycles. The molecule has 1 aliphatic rings. The van der Waals surface area contributed by atoms with Crippen molar-refractivity contribution in [2.75, 3.05) is 20.2 Å². The standard InChI is InChI=1S/C8H17NO.C2H6/c1-9-6-3-2-4-8(9)5-7-10;1-2/h8,10H,2-7H2,1H3;1-2H3. The minimum Gasteiger partial charge on any atom is -0.396 e. The maximum atomic E-state index is 8.71. The van der Waals surface area contributed by atoms with Crippen molar-refractivity contribution in [3.05, 3.63) is 0 Å². The lowest BCUT2D eigenvalue weighted by atomic mass is 10.0. The number of nitrogens with zero attached hydrogens (tertiary/aromatic N) is 1. The first-order valence-corrected chi connectivity index (χ1v) is 5.15. The van der Waals surface area contributed by atoms with Crippen LogP contribution in [0.1, 0.15) is 39.5 Å². The molecule has 0 aliphatic carbocycles. The topological polar surface area (TPSA) is 23.5 Å². The predicted molar refractivity (Wildman–Crippen MR) is 53.3 cm³/mol. The lowest BCUT2D eigenvalue weighted by Gasteiger charge is -2.31. The van der Waals surface area contributed by atoms with Crippen molar-refractivity contribution in [3.63, 3.8) is 0 Å². The smallest absolute Gasteiger partial charge is 0.0445 e. The molecule has 74 valence electrons. The average Bonchev–Trinajstić information content (AvgIpc) is 2.13. The minimum atomic E-state index is 0.342. The molecule has 2 nitrogen and oxygen atoms in total. The molecule has 1 aliphatic heterocycles. The summed E-state index contributed by atoms with van der Waals surface area (Å²) < 4.78 is 0. The van der Waals surface area contributed by atoms with Crippen molar-refractivity contribution < 1.29 is 5.11 Å². The molecule has 1 rings (SSSR count). The average molecular weight is 173 g/mol. The monoisotopic (exact) mass is 173 g/mol. The molecule has 1 atom stereocenters. The molecular weight excluding hydrogens is 150 g/mol. The molecular formula is C10H23NO. The van der Waals surface area contributed by atoms with Crippen LogP contribution in [0.2, 0.25) is 0 Å². The summed E-state index contributed by atoms with van der Waals surface area (Å²) in [6.07, 6.45) is 4.90. The van der Waals surface area contributed by atoms with Gasteiger partial charge in [-0.1, -0.05) is 20.3 Å². The van der Waals surface area contributed by atoms with E-state index in [9.17, 15) is 0 Å². The van der Waals surface area contributed by atoms with Gasteiger partial charge in [-0.25, -0.2) is 0 Å². The van der Waals surface area contributed by atoms with Gasteiger partial charge >= 0.3 is 0 Å². The second-order valence-corrected chi connectivity index (χ2v) is 3.14. The lowest BCUT2D eigenvalue weighted by molar-refractivity contribution is 0.147. The molecule has 1 fully saturated rings. The molecule has 1 N–H and O–H groups in total. The van der Waals surface area contributed by atoms with E-state index >= 15 is 0 Å². The molecule has 0 radical (unpaired) electrons. The Hall–Kier alpha value is -0.0800. The molecule has 0 bridgehead atoms.